The van der Waals surface area contributed by atoms with Gasteiger partial charge in [0, 0.05) is 31.5 Å². The summed E-state index contributed by atoms with van der Waals surface area (Å²) in [7, 11) is 3.43. The van der Waals surface area contributed by atoms with Gasteiger partial charge in [-0.2, -0.15) is 0 Å². The quantitative estimate of drug-likeness (QED) is 0.584. The molecule has 0 aromatic heterocycles. The Hall–Kier alpha value is -2.51. The highest BCUT2D eigenvalue weighted by Gasteiger charge is 2.52. The number of likely N-dealkylation sites (tertiary alicyclic amines) is 1. The fraction of sp³-hybridized carbons (Fsp3) is 0.476. The standard InChI is InChI=1S/C21H27N2O5/c1-23(16-8-10-22(11-9-16)20(26)14-24)13-19(28-2)21(27)17(23)12-18(25)15-6-4-3-5-7-15/h3-7,13,16-17,24H,8-12,14H2,1-2H3/q+1. The van der Waals surface area contributed by atoms with E-state index >= 15 is 0 Å². The van der Waals surface area contributed by atoms with Crippen molar-refractivity contribution in [2.45, 2.75) is 31.3 Å². The first-order valence-electron chi connectivity index (χ1n) is 9.54. The van der Waals surface area contributed by atoms with Crippen LogP contribution in [0.3, 0.4) is 0 Å². The lowest BCUT2D eigenvalue weighted by Gasteiger charge is -2.43. The van der Waals surface area contributed by atoms with Gasteiger partial charge in [0.1, 0.15) is 12.8 Å². The molecule has 2 aliphatic heterocycles. The zero-order valence-corrected chi connectivity index (χ0v) is 16.3. The second-order valence-electron chi connectivity index (χ2n) is 7.56. The molecule has 1 N–H and O–H groups in total. The van der Waals surface area contributed by atoms with Gasteiger partial charge in [0.25, 0.3) is 5.78 Å². The van der Waals surface area contributed by atoms with Gasteiger partial charge < -0.3 is 14.7 Å². The van der Waals surface area contributed by atoms with Gasteiger partial charge in [-0.05, 0) is 0 Å². The fourth-order valence-corrected chi connectivity index (χ4v) is 4.31. The molecule has 0 spiro atoms. The van der Waals surface area contributed by atoms with Crippen LogP contribution in [-0.2, 0) is 14.3 Å². The molecule has 0 aliphatic carbocycles. The monoisotopic (exact) mass is 387 g/mol. The maximum Gasteiger partial charge on any atom is 0.260 e. The first kappa shape index (κ1) is 20.2. The van der Waals surface area contributed by atoms with Gasteiger partial charge in [0.05, 0.1) is 26.6 Å². The van der Waals surface area contributed by atoms with Crippen LogP contribution >= 0.6 is 0 Å². The minimum Gasteiger partial charge on any atom is -0.489 e. The second kappa shape index (κ2) is 8.24. The summed E-state index contributed by atoms with van der Waals surface area (Å²) in [6, 6.07) is 8.55. The zero-order chi connectivity index (χ0) is 20.3. The number of piperidine rings is 1. The number of quaternary nitrogens is 1. The van der Waals surface area contributed by atoms with Gasteiger partial charge in [-0.1, -0.05) is 30.3 Å². The Bertz CT molecular complexity index is 783. The van der Waals surface area contributed by atoms with Gasteiger partial charge in [0.15, 0.2) is 11.8 Å². The van der Waals surface area contributed by atoms with Crippen LogP contribution in [0.25, 0.3) is 0 Å². The van der Waals surface area contributed by atoms with Crippen molar-refractivity contribution in [1.82, 2.24) is 4.90 Å². The summed E-state index contributed by atoms with van der Waals surface area (Å²) in [4.78, 5) is 39.1. The van der Waals surface area contributed by atoms with Crippen LogP contribution in [0.4, 0.5) is 0 Å². The molecule has 150 valence electrons. The van der Waals surface area contributed by atoms with Gasteiger partial charge in [-0.15, -0.1) is 0 Å². The fourth-order valence-electron chi connectivity index (χ4n) is 4.31. The van der Waals surface area contributed by atoms with Crippen LogP contribution in [0.5, 0.6) is 0 Å². The van der Waals surface area contributed by atoms with Crippen molar-refractivity contribution >= 4 is 17.5 Å². The summed E-state index contributed by atoms with van der Waals surface area (Å²) in [6.07, 6.45) is 3.32. The van der Waals surface area contributed by atoms with E-state index in [1.807, 2.05) is 31.4 Å². The number of likely N-dealkylation sites (N-methyl/N-ethyl adjacent to an activating group) is 1. The number of hydrogen-bond acceptors (Lipinski definition) is 5. The molecule has 2 unspecified atom stereocenters. The van der Waals surface area contributed by atoms with E-state index in [2.05, 4.69) is 0 Å². The Morgan fingerprint density at radius 2 is 1.86 bits per heavy atom. The predicted molar refractivity (Wildman–Crippen MR) is 102 cm³/mol. The highest BCUT2D eigenvalue weighted by molar-refractivity contribution is 6.04. The highest BCUT2D eigenvalue weighted by atomic mass is 16.5. The van der Waals surface area contributed by atoms with E-state index in [-0.39, 0.29) is 29.9 Å². The molecule has 0 bridgehead atoms. The van der Waals surface area contributed by atoms with Crippen LogP contribution in [0.1, 0.15) is 29.6 Å². The van der Waals surface area contributed by atoms with Crippen molar-refractivity contribution in [3.63, 3.8) is 0 Å². The lowest BCUT2D eigenvalue weighted by Crippen LogP contribution is -2.58. The van der Waals surface area contributed by atoms with E-state index in [9.17, 15) is 14.4 Å². The first-order chi connectivity index (χ1) is 13.4. The van der Waals surface area contributed by atoms with E-state index in [0.29, 0.717) is 41.7 Å². The number of hydrogen-bond donors (Lipinski definition) is 1. The summed E-state index contributed by atoms with van der Waals surface area (Å²) in [5.41, 5.74) is 0.594. The number of benzene rings is 1. The van der Waals surface area contributed by atoms with Gasteiger partial charge in [-0.3, -0.25) is 18.9 Å². The number of carbonyl (C=O) groups excluding carboxylic acids is 3. The summed E-state index contributed by atoms with van der Waals surface area (Å²) in [6.45, 7) is 0.570. The number of ether oxygens (including phenoxy) is 1. The molecule has 2 heterocycles. The van der Waals surface area contributed by atoms with Crippen LogP contribution in [0, 0.1) is 0 Å². The number of amides is 1. The number of aliphatic hydroxyl groups excluding tert-OH is 1. The largest absolute Gasteiger partial charge is 0.489 e. The summed E-state index contributed by atoms with van der Waals surface area (Å²) in [5, 5.41) is 9.06. The Morgan fingerprint density at radius 3 is 2.43 bits per heavy atom. The molecule has 1 fully saturated rings. The third-order valence-corrected chi connectivity index (χ3v) is 6.05. The van der Waals surface area contributed by atoms with E-state index in [1.54, 1.807) is 17.0 Å². The van der Waals surface area contributed by atoms with Crippen LogP contribution < -0.4 is 0 Å². The number of nitrogens with zero attached hydrogens (tertiary/aromatic N) is 2. The molecule has 2 atom stereocenters. The zero-order valence-electron chi connectivity index (χ0n) is 16.3. The Labute approximate surface area is 164 Å². The van der Waals surface area contributed by atoms with Crippen molar-refractivity contribution in [3.8, 4) is 0 Å². The minimum absolute atomic E-state index is 0.0676. The lowest BCUT2D eigenvalue weighted by molar-refractivity contribution is -0.898. The predicted octanol–water partition coefficient (Wildman–Crippen LogP) is 1.13. The van der Waals surface area contributed by atoms with Gasteiger partial charge >= 0.3 is 0 Å². The maximum absolute atomic E-state index is 12.9. The van der Waals surface area contributed by atoms with Crippen LogP contribution in [0.15, 0.2) is 42.3 Å². The average Bonchev–Trinajstić information content (AvgIpc) is 2.99. The van der Waals surface area contributed by atoms with E-state index in [1.165, 1.54) is 7.11 Å². The Morgan fingerprint density at radius 1 is 1.21 bits per heavy atom. The molecule has 0 saturated carbocycles. The Balaban J connectivity index is 1.80. The molecule has 7 heteroatoms. The summed E-state index contributed by atoms with van der Waals surface area (Å²) < 4.78 is 5.60. The van der Waals surface area contributed by atoms with Crippen molar-refractivity contribution in [2.24, 2.45) is 0 Å². The molecular weight excluding hydrogens is 360 g/mol. The van der Waals surface area contributed by atoms with Crippen molar-refractivity contribution in [1.29, 1.82) is 0 Å². The van der Waals surface area contributed by atoms with E-state index < -0.39 is 12.6 Å². The molecule has 1 aromatic rings. The smallest absolute Gasteiger partial charge is 0.260 e. The van der Waals surface area contributed by atoms with Gasteiger partial charge in [-0.25, -0.2) is 0 Å². The summed E-state index contributed by atoms with van der Waals surface area (Å²) in [5.74, 6) is -0.199. The summed E-state index contributed by atoms with van der Waals surface area (Å²) >= 11 is 0. The third-order valence-electron chi connectivity index (χ3n) is 6.05. The first-order valence-corrected chi connectivity index (χ1v) is 9.54. The van der Waals surface area contributed by atoms with Crippen molar-refractivity contribution in [3.05, 3.63) is 47.9 Å². The molecule has 1 aromatic carbocycles. The number of methoxy groups -OCH3 is 1. The van der Waals surface area contributed by atoms with Crippen LogP contribution in [-0.4, -0.2) is 77.9 Å². The number of carbonyl (C=O) groups is 3. The normalized spacial score (nSPS) is 25.5. The molecular formula is C21H27N2O5+. The number of Topliss-reactive ketones (excluding diaryl/α,β-unsaturated/α-hetero) is 2. The minimum atomic E-state index is -0.534. The van der Waals surface area contributed by atoms with E-state index in [0.717, 1.165) is 0 Å². The molecule has 1 amide bonds. The van der Waals surface area contributed by atoms with Crippen molar-refractivity contribution < 1.29 is 28.7 Å². The molecule has 3 rings (SSSR count). The molecule has 1 saturated heterocycles. The maximum atomic E-state index is 12.9. The van der Waals surface area contributed by atoms with Crippen molar-refractivity contribution in [2.75, 3.05) is 33.9 Å². The number of ketones is 2. The third kappa shape index (κ3) is 3.72. The molecule has 7 nitrogen and oxygen atoms in total. The average molecular weight is 387 g/mol. The van der Waals surface area contributed by atoms with Crippen LogP contribution in [0.2, 0.25) is 0 Å². The number of aliphatic hydroxyl groups is 1. The second-order valence-corrected chi connectivity index (χ2v) is 7.56. The lowest BCUT2D eigenvalue weighted by atomic mass is 9.95. The number of rotatable bonds is 6. The highest BCUT2D eigenvalue weighted by Crippen LogP contribution is 2.35. The van der Waals surface area contributed by atoms with E-state index in [4.69, 9.17) is 9.84 Å². The topological polar surface area (TPSA) is 83.9 Å². The Kier molecular flexibility index (Phi) is 5.96. The SMILES string of the molecule is COC1=C[N+](C)(C2CCN(C(=O)CO)CC2)C(CC(=O)c2ccccc2)C1=O. The molecule has 2 aliphatic rings. The molecule has 0 radical (unpaired) electrons. The molecule has 28 heavy (non-hydrogen) atoms. The van der Waals surface area contributed by atoms with Gasteiger partial charge in [0.2, 0.25) is 11.7 Å².